The Morgan fingerprint density at radius 1 is 1.17 bits per heavy atom. The first-order chi connectivity index (χ1) is 8.62. The zero-order valence-electron chi connectivity index (χ0n) is 12.5. The molecule has 0 saturated carbocycles. The predicted octanol–water partition coefficient (Wildman–Crippen LogP) is 3.38. The Labute approximate surface area is 112 Å². The van der Waals surface area contributed by atoms with Gasteiger partial charge in [-0.1, -0.05) is 43.7 Å². The normalized spacial score (nSPS) is 14.8. The number of aryl methyl sites for hydroxylation is 1. The molecule has 1 aromatic carbocycles. The third-order valence-electron chi connectivity index (χ3n) is 3.87. The molecule has 2 nitrogen and oxygen atoms in total. The number of hydrogen-bond donors (Lipinski definition) is 1. The topological polar surface area (TPSA) is 15.3 Å². The summed E-state index contributed by atoms with van der Waals surface area (Å²) in [5.74, 6) is 0. The lowest BCUT2D eigenvalue weighted by Crippen LogP contribution is -2.39. The minimum atomic E-state index is 0.416. The van der Waals surface area contributed by atoms with Crippen molar-refractivity contribution < 1.29 is 0 Å². The Morgan fingerprint density at radius 2 is 1.78 bits per heavy atom. The zero-order valence-corrected chi connectivity index (χ0v) is 12.5. The molecule has 2 unspecified atom stereocenters. The van der Waals surface area contributed by atoms with Crippen molar-refractivity contribution in [1.82, 2.24) is 10.2 Å². The van der Waals surface area contributed by atoms with Crippen molar-refractivity contribution in [3.63, 3.8) is 0 Å². The van der Waals surface area contributed by atoms with Crippen LogP contribution in [-0.4, -0.2) is 31.1 Å². The molecule has 0 spiro atoms. The average Bonchev–Trinajstić information content (AvgIpc) is 2.41. The van der Waals surface area contributed by atoms with E-state index in [4.69, 9.17) is 0 Å². The standard InChI is InChI=1S/C16H28N2/c1-6-14(4)18(7-2)12-16(17-5)15-10-8-13(3)9-11-15/h8-11,14,16-17H,6-7,12H2,1-5H3. The van der Waals surface area contributed by atoms with E-state index in [0.717, 1.165) is 13.1 Å². The predicted molar refractivity (Wildman–Crippen MR) is 80.0 cm³/mol. The van der Waals surface area contributed by atoms with Crippen molar-refractivity contribution in [1.29, 1.82) is 0 Å². The maximum atomic E-state index is 3.44. The molecule has 2 heteroatoms. The van der Waals surface area contributed by atoms with Crippen molar-refractivity contribution in [2.45, 2.75) is 46.2 Å². The molecule has 1 aromatic rings. The van der Waals surface area contributed by atoms with Crippen molar-refractivity contribution in [3.05, 3.63) is 35.4 Å². The first-order valence-electron chi connectivity index (χ1n) is 7.10. The highest BCUT2D eigenvalue weighted by molar-refractivity contribution is 5.24. The third-order valence-corrected chi connectivity index (χ3v) is 3.87. The summed E-state index contributed by atoms with van der Waals surface area (Å²) >= 11 is 0. The monoisotopic (exact) mass is 248 g/mol. The first kappa shape index (κ1) is 15.2. The van der Waals surface area contributed by atoms with E-state index < -0.39 is 0 Å². The molecular formula is C16H28N2. The molecule has 2 atom stereocenters. The second kappa shape index (κ2) is 7.55. The number of likely N-dealkylation sites (N-methyl/N-ethyl adjacent to an activating group) is 2. The van der Waals surface area contributed by atoms with Gasteiger partial charge in [0, 0.05) is 18.6 Å². The van der Waals surface area contributed by atoms with Gasteiger partial charge in [0.05, 0.1) is 0 Å². The van der Waals surface area contributed by atoms with Crippen LogP contribution < -0.4 is 5.32 Å². The third kappa shape index (κ3) is 4.11. The second-order valence-electron chi connectivity index (χ2n) is 5.10. The number of nitrogens with zero attached hydrogens (tertiary/aromatic N) is 1. The Kier molecular flexibility index (Phi) is 6.37. The number of benzene rings is 1. The average molecular weight is 248 g/mol. The van der Waals surface area contributed by atoms with Crippen molar-refractivity contribution in [2.24, 2.45) is 0 Å². The zero-order chi connectivity index (χ0) is 13.5. The van der Waals surface area contributed by atoms with Crippen molar-refractivity contribution >= 4 is 0 Å². The number of nitrogens with one attached hydrogen (secondary N) is 1. The van der Waals surface area contributed by atoms with Gasteiger partial charge in [0.25, 0.3) is 0 Å². The molecule has 0 radical (unpaired) electrons. The van der Waals surface area contributed by atoms with E-state index in [0.29, 0.717) is 12.1 Å². The van der Waals surface area contributed by atoms with Gasteiger partial charge in [-0.2, -0.15) is 0 Å². The number of hydrogen-bond acceptors (Lipinski definition) is 2. The SMILES string of the molecule is CCC(C)N(CC)CC(NC)c1ccc(C)cc1. The fraction of sp³-hybridized carbons (Fsp3) is 0.625. The van der Waals surface area contributed by atoms with Crippen LogP contribution in [0.2, 0.25) is 0 Å². The molecule has 0 bridgehead atoms. The van der Waals surface area contributed by atoms with Gasteiger partial charge < -0.3 is 5.32 Å². The molecule has 0 heterocycles. The Hall–Kier alpha value is -0.860. The van der Waals surface area contributed by atoms with Crippen LogP contribution in [0.25, 0.3) is 0 Å². The van der Waals surface area contributed by atoms with Crippen LogP contribution in [-0.2, 0) is 0 Å². The lowest BCUT2D eigenvalue weighted by atomic mass is 10.0. The van der Waals surface area contributed by atoms with E-state index in [1.807, 2.05) is 0 Å². The summed E-state index contributed by atoms with van der Waals surface area (Å²) in [6, 6.07) is 9.93. The molecule has 0 saturated heterocycles. The van der Waals surface area contributed by atoms with Gasteiger partial charge in [-0.3, -0.25) is 4.90 Å². The highest BCUT2D eigenvalue weighted by Gasteiger charge is 2.16. The van der Waals surface area contributed by atoms with E-state index in [9.17, 15) is 0 Å². The van der Waals surface area contributed by atoms with E-state index in [1.54, 1.807) is 0 Å². The number of rotatable bonds is 7. The van der Waals surface area contributed by atoms with Crippen LogP contribution in [0.5, 0.6) is 0 Å². The lowest BCUT2D eigenvalue weighted by molar-refractivity contribution is 0.194. The summed E-state index contributed by atoms with van der Waals surface area (Å²) < 4.78 is 0. The fourth-order valence-corrected chi connectivity index (χ4v) is 2.28. The molecular weight excluding hydrogens is 220 g/mol. The van der Waals surface area contributed by atoms with Crippen molar-refractivity contribution in [2.75, 3.05) is 20.1 Å². The van der Waals surface area contributed by atoms with E-state index in [2.05, 4.69) is 69.2 Å². The maximum absolute atomic E-state index is 3.44. The second-order valence-corrected chi connectivity index (χ2v) is 5.10. The molecule has 0 amide bonds. The van der Waals surface area contributed by atoms with Crippen LogP contribution in [0.4, 0.5) is 0 Å². The molecule has 1 N–H and O–H groups in total. The lowest BCUT2D eigenvalue weighted by Gasteiger charge is -2.31. The summed E-state index contributed by atoms with van der Waals surface area (Å²) in [6.45, 7) is 11.1. The summed E-state index contributed by atoms with van der Waals surface area (Å²) in [4.78, 5) is 2.54. The first-order valence-corrected chi connectivity index (χ1v) is 7.10. The molecule has 0 aromatic heterocycles. The molecule has 102 valence electrons. The smallest absolute Gasteiger partial charge is 0.0446 e. The highest BCUT2D eigenvalue weighted by atomic mass is 15.2. The van der Waals surface area contributed by atoms with Gasteiger partial charge in [-0.25, -0.2) is 0 Å². The van der Waals surface area contributed by atoms with Crippen LogP contribution in [0.15, 0.2) is 24.3 Å². The van der Waals surface area contributed by atoms with Crippen molar-refractivity contribution in [3.8, 4) is 0 Å². The van der Waals surface area contributed by atoms with Gasteiger partial charge in [0.15, 0.2) is 0 Å². The molecule has 0 aliphatic rings. The van der Waals surface area contributed by atoms with Crippen LogP contribution in [0, 0.1) is 6.92 Å². The molecule has 0 aliphatic carbocycles. The van der Waals surface area contributed by atoms with E-state index in [-0.39, 0.29) is 0 Å². The molecule has 0 fully saturated rings. The highest BCUT2D eigenvalue weighted by Crippen LogP contribution is 2.17. The van der Waals surface area contributed by atoms with Gasteiger partial charge in [-0.05, 0) is 39.4 Å². The molecule has 0 aliphatic heterocycles. The summed E-state index contributed by atoms with van der Waals surface area (Å²) in [5.41, 5.74) is 2.70. The van der Waals surface area contributed by atoms with Gasteiger partial charge in [0.1, 0.15) is 0 Å². The minimum absolute atomic E-state index is 0.416. The Morgan fingerprint density at radius 3 is 2.22 bits per heavy atom. The van der Waals surface area contributed by atoms with E-state index in [1.165, 1.54) is 17.5 Å². The van der Waals surface area contributed by atoms with Crippen LogP contribution in [0.3, 0.4) is 0 Å². The quantitative estimate of drug-likeness (QED) is 0.796. The molecule has 18 heavy (non-hydrogen) atoms. The fourth-order valence-electron chi connectivity index (χ4n) is 2.28. The molecule has 1 rings (SSSR count). The Balaban J connectivity index is 2.74. The summed E-state index contributed by atoms with van der Waals surface area (Å²) in [7, 11) is 2.05. The van der Waals surface area contributed by atoms with Gasteiger partial charge >= 0.3 is 0 Å². The maximum Gasteiger partial charge on any atom is 0.0446 e. The minimum Gasteiger partial charge on any atom is -0.312 e. The van der Waals surface area contributed by atoms with E-state index >= 15 is 0 Å². The summed E-state index contributed by atoms with van der Waals surface area (Å²) in [5, 5.41) is 3.44. The van der Waals surface area contributed by atoms with Gasteiger partial charge in [-0.15, -0.1) is 0 Å². The Bertz CT molecular complexity index is 331. The summed E-state index contributed by atoms with van der Waals surface area (Å²) in [6.07, 6.45) is 1.21. The largest absolute Gasteiger partial charge is 0.312 e. The van der Waals surface area contributed by atoms with Crippen LogP contribution >= 0.6 is 0 Å². The van der Waals surface area contributed by atoms with Crippen LogP contribution in [0.1, 0.15) is 44.4 Å². The van der Waals surface area contributed by atoms with Gasteiger partial charge in [0.2, 0.25) is 0 Å².